The zero-order valence-corrected chi connectivity index (χ0v) is 14.2. The van der Waals surface area contributed by atoms with Gasteiger partial charge in [-0.15, -0.1) is 0 Å². The van der Waals surface area contributed by atoms with Crippen molar-refractivity contribution in [2.24, 2.45) is 7.05 Å². The van der Waals surface area contributed by atoms with Gasteiger partial charge in [-0.25, -0.2) is 0 Å². The average Bonchev–Trinajstić information content (AvgIpc) is 2.89. The smallest absolute Gasteiger partial charge is 0.246 e. The Balaban J connectivity index is 1.75. The molecule has 1 aromatic heterocycles. The first kappa shape index (κ1) is 16.0. The lowest BCUT2D eigenvalue weighted by Gasteiger charge is -2.14. The Kier molecular flexibility index (Phi) is 4.47. The third-order valence-electron chi connectivity index (χ3n) is 4.13. The van der Waals surface area contributed by atoms with E-state index in [4.69, 9.17) is 0 Å². The van der Waals surface area contributed by atoms with E-state index in [9.17, 15) is 4.79 Å². The number of fused-ring (bicyclic) bond motifs is 1. The highest BCUT2D eigenvalue weighted by molar-refractivity contribution is 5.96. The molecule has 24 heavy (non-hydrogen) atoms. The molecule has 0 spiro atoms. The molecular weight excluding hydrogens is 298 g/mol. The zero-order chi connectivity index (χ0) is 17.1. The second-order valence-electron chi connectivity index (χ2n) is 6.01. The topological polar surface area (TPSA) is 38.1 Å². The summed E-state index contributed by atoms with van der Waals surface area (Å²) in [4.78, 5) is 14.1. The van der Waals surface area contributed by atoms with Gasteiger partial charge in [0.1, 0.15) is 0 Å². The molecule has 3 rings (SSSR count). The molecule has 0 aliphatic carbocycles. The molecule has 3 aromatic rings. The molecule has 2 aromatic carbocycles. The Hall–Kier alpha value is -2.88. The molecule has 0 aliphatic rings. The monoisotopic (exact) mass is 319 g/mol. The zero-order valence-electron chi connectivity index (χ0n) is 14.2. The molecule has 0 saturated carbocycles. The van der Waals surface area contributed by atoms with E-state index in [-0.39, 0.29) is 5.91 Å². The molecule has 1 heterocycles. The largest absolute Gasteiger partial charge is 0.338 e. The van der Waals surface area contributed by atoms with E-state index < -0.39 is 0 Å². The highest BCUT2D eigenvalue weighted by Gasteiger charge is 2.10. The van der Waals surface area contributed by atoms with Gasteiger partial charge in [-0.05, 0) is 29.3 Å². The molecule has 0 radical (unpaired) electrons. The molecule has 0 atom stereocenters. The standard InChI is InChI=1S/C20H21N3O/c1-15-18(14-23(3)21-15)13-22(2)20(24)12-11-17-9-6-8-16-7-4-5-10-19(16)17/h4-12,14H,13H2,1-3H3/b12-11+. The van der Waals surface area contributed by atoms with Gasteiger partial charge in [0.2, 0.25) is 5.91 Å². The molecule has 0 bridgehead atoms. The predicted octanol–water partition coefficient (Wildman–Crippen LogP) is 3.55. The summed E-state index contributed by atoms with van der Waals surface area (Å²) in [6, 6.07) is 14.3. The Bertz CT molecular complexity index is 903. The van der Waals surface area contributed by atoms with Crippen molar-refractivity contribution < 1.29 is 4.79 Å². The molecule has 0 N–H and O–H groups in total. The lowest BCUT2D eigenvalue weighted by molar-refractivity contribution is -0.125. The Morgan fingerprint density at radius 1 is 1.21 bits per heavy atom. The minimum Gasteiger partial charge on any atom is -0.338 e. The third kappa shape index (κ3) is 3.38. The summed E-state index contributed by atoms with van der Waals surface area (Å²) in [7, 11) is 3.70. The summed E-state index contributed by atoms with van der Waals surface area (Å²) in [6.07, 6.45) is 5.47. The number of nitrogens with zero attached hydrogens (tertiary/aromatic N) is 3. The predicted molar refractivity (Wildman–Crippen MR) is 97.4 cm³/mol. The molecule has 0 fully saturated rings. The van der Waals surface area contributed by atoms with Crippen LogP contribution >= 0.6 is 0 Å². The van der Waals surface area contributed by atoms with Gasteiger partial charge in [0.15, 0.2) is 0 Å². The van der Waals surface area contributed by atoms with Gasteiger partial charge in [0.05, 0.1) is 5.69 Å². The first-order valence-corrected chi connectivity index (χ1v) is 7.94. The number of rotatable bonds is 4. The van der Waals surface area contributed by atoms with Crippen molar-refractivity contribution >= 4 is 22.8 Å². The minimum absolute atomic E-state index is 0.0220. The lowest BCUT2D eigenvalue weighted by Crippen LogP contribution is -2.24. The normalized spacial score (nSPS) is 11.3. The molecule has 0 aliphatic heterocycles. The fourth-order valence-corrected chi connectivity index (χ4v) is 2.82. The number of carbonyl (C=O) groups excluding carboxylic acids is 1. The second kappa shape index (κ2) is 6.71. The molecular formula is C20H21N3O. The van der Waals surface area contributed by atoms with Crippen molar-refractivity contribution in [1.29, 1.82) is 0 Å². The van der Waals surface area contributed by atoms with Crippen LogP contribution in [0.3, 0.4) is 0 Å². The highest BCUT2D eigenvalue weighted by Crippen LogP contribution is 2.19. The van der Waals surface area contributed by atoms with Crippen LogP contribution in [0.2, 0.25) is 0 Å². The number of hydrogen-bond donors (Lipinski definition) is 0. The maximum absolute atomic E-state index is 12.4. The molecule has 1 amide bonds. The summed E-state index contributed by atoms with van der Waals surface area (Å²) in [5, 5.41) is 6.63. The van der Waals surface area contributed by atoms with Crippen molar-refractivity contribution in [2.75, 3.05) is 7.05 Å². The number of aromatic nitrogens is 2. The number of hydrogen-bond acceptors (Lipinski definition) is 2. The van der Waals surface area contributed by atoms with Crippen molar-refractivity contribution in [3.8, 4) is 0 Å². The van der Waals surface area contributed by atoms with E-state index in [0.717, 1.165) is 22.2 Å². The van der Waals surface area contributed by atoms with Crippen LogP contribution in [-0.4, -0.2) is 27.6 Å². The first-order valence-electron chi connectivity index (χ1n) is 7.94. The Morgan fingerprint density at radius 2 is 1.96 bits per heavy atom. The van der Waals surface area contributed by atoms with E-state index in [2.05, 4.69) is 23.3 Å². The number of aryl methyl sites for hydroxylation is 2. The van der Waals surface area contributed by atoms with Gasteiger partial charge in [-0.3, -0.25) is 9.48 Å². The summed E-state index contributed by atoms with van der Waals surface area (Å²) < 4.78 is 1.77. The van der Waals surface area contributed by atoms with Gasteiger partial charge < -0.3 is 4.90 Å². The Labute approximate surface area is 142 Å². The van der Waals surface area contributed by atoms with E-state index in [1.165, 1.54) is 5.39 Å². The van der Waals surface area contributed by atoms with Gasteiger partial charge >= 0.3 is 0 Å². The van der Waals surface area contributed by atoms with E-state index in [0.29, 0.717) is 6.54 Å². The van der Waals surface area contributed by atoms with Crippen LogP contribution in [0.15, 0.2) is 54.7 Å². The third-order valence-corrected chi connectivity index (χ3v) is 4.13. The van der Waals surface area contributed by atoms with Crippen molar-refractivity contribution in [1.82, 2.24) is 14.7 Å². The van der Waals surface area contributed by atoms with E-state index in [1.807, 2.05) is 57.6 Å². The summed E-state index contributed by atoms with van der Waals surface area (Å²) >= 11 is 0. The molecule has 122 valence electrons. The van der Waals surface area contributed by atoms with Crippen LogP contribution in [0, 0.1) is 6.92 Å². The quantitative estimate of drug-likeness (QED) is 0.690. The average molecular weight is 319 g/mol. The number of likely N-dealkylation sites (N-methyl/N-ethyl adjacent to an activating group) is 1. The molecule has 4 nitrogen and oxygen atoms in total. The lowest BCUT2D eigenvalue weighted by atomic mass is 10.0. The van der Waals surface area contributed by atoms with Gasteiger partial charge in [-0.2, -0.15) is 5.10 Å². The molecule has 0 saturated heterocycles. The maximum Gasteiger partial charge on any atom is 0.246 e. The second-order valence-corrected chi connectivity index (χ2v) is 6.01. The van der Waals surface area contributed by atoms with E-state index in [1.54, 1.807) is 15.7 Å². The summed E-state index contributed by atoms with van der Waals surface area (Å²) in [5.74, 6) is -0.0220. The first-order chi connectivity index (χ1) is 11.5. The molecule has 0 unspecified atom stereocenters. The van der Waals surface area contributed by atoms with Crippen molar-refractivity contribution in [3.05, 3.63) is 71.6 Å². The number of amides is 1. The van der Waals surface area contributed by atoms with Crippen LogP contribution in [0.4, 0.5) is 0 Å². The summed E-state index contributed by atoms with van der Waals surface area (Å²) in [6.45, 7) is 2.51. The SMILES string of the molecule is Cc1nn(C)cc1CN(C)C(=O)/C=C/c1cccc2ccccc12. The van der Waals surface area contributed by atoms with E-state index >= 15 is 0 Å². The van der Waals surface area contributed by atoms with Gasteiger partial charge in [0, 0.05) is 38.5 Å². The van der Waals surface area contributed by atoms with Crippen molar-refractivity contribution in [2.45, 2.75) is 13.5 Å². The number of benzene rings is 2. The summed E-state index contributed by atoms with van der Waals surface area (Å²) in [5.41, 5.74) is 3.06. The van der Waals surface area contributed by atoms with Crippen LogP contribution < -0.4 is 0 Å². The van der Waals surface area contributed by atoms with Crippen LogP contribution in [0.25, 0.3) is 16.8 Å². The number of carbonyl (C=O) groups is 1. The molecule has 4 heteroatoms. The minimum atomic E-state index is -0.0220. The fourth-order valence-electron chi connectivity index (χ4n) is 2.82. The fraction of sp³-hybridized carbons (Fsp3) is 0.200. The van der Waals surface area contributed by atoms with Crippen LogP contribution in [0.1, 0.15) is 16.8 Å². The van der Waals surface area contributed by atoms with Gasteiger partial charge in [-0.1, -0.05) is 42.5 Å². The highest BCUT2D eigenvalue weighted by atomic mass is 16.2. The van der Waals surface area contributed by atoms with Gasteiger partial charge in [0.25, 0.3) is 0 Å². The van der Waals surface area contributed by atoms with Crippen LogP contribution in [-0.2, 0) is 18.4 Å². The van der Waals surface area contributed by atoms with Crippen molar-refractivity contribution in [3.63, 3.8) is 0 Å². The maximum atomic E-state index is 12.4. The Morgan fingerprint density at radius 3 is 2.71 bits per heavy atom. The van der Waals surface area contributed by atoms with Crippen LogP contribution in [0.5, 0.6) is 0 Å².